The molecular formula is C15H14N4OS. The van der Waals surface area contributed by atoms with Gasteiger partial charge in [-0.15, -0.1) is 5.10 Å². The number of benzene rings is 1. The Morgan fingerprint density at radius 2 is 1.95 bits per heavy atom. The van der Waals surface area contributed by atoms with E-state index >= 15 is 0 Å². The standard InChI is InChI=1S/C15H14N4OS/c1-11-4-2-3-5-13(11)17-10-19-15(21)20-14(18-19)12-6-8-16-9-7-12/h2-9,17H,10H2,1H3. The summed E-state index contributed by atoms with van der Waals surface area (Å²) >= 11 is 5.20. The van der Waals surface area contributed by atoms with Crippen LogP contribution in [-0.4, -0.2) is 14.8 Å². The first kappa shape index (κ1) is 13.5. The van der Waals surface area contributed by atoms with Crippen LogP contribution in [0.2, 0.25) is 0 Å². The van der Waals surface area contributed by atoms with E-state index in [9.17, 15) is 0 Å². The molecule has 1 aromatic carbocycles. The van der Waals surface area contributed by atoms with Gasteiger partial charge in [0.25, 0.3) is 4.84 Å². The largest absolute Gasteiger partial charge is 0.409 e. The number of hydrogen-bond donors (Lipinski definition) is 1. The van der Waals surface area contributed by atoms with E-state index in [1.165, 1.54) is 5.56 Å². The molecule has 1 N–H and O–H groups in total. The minimum Gasteiger partial charge on any atom is -0.409 e. The lowest BCUT2D eigenvalue weighted by Gasteiger charge is -2.08. The fraction of sp³-hybridized carbons (Fsp3) is 0.133. The van der Waals surface area contributed by atoms with E-state index in [-0.39, 0.29) is 0 Å². The Morgan fingerprint density at radius 1 is 1.19 bits per heavy atom. The zero-order chi connectivity index (χ0) is 14.7. The zero-order valence-corrected chi connectivity index (χ0v) is 12.3. The molecule has 0 atom stereocenters. The lowest BCUT2D eigenvalue weighted by Crippen LogP contribution is -2.10. The highest BCUT2D eigenvalue weighted by atomic mass is 32.1. The summed E-state index contributed by atoms with van der Waals surface area (Å²) < 4.78 is 7.14. The first-order valence-electron chi connectivity index (χ1n) is 6.52. The summed E-state index contributed by atoms with van der Waals surface area (Å²) in [6, 6.07) is 11.7. The summed E-state index contributed by atoms with van der Waals surface area (Å²) in [5.41, 5.74) is 3.07. The normalized spacial score (nSPS) is 10.5. The van der Waals surface area contributed by atoms with E-state index < -0.39 is 0 Å². The maximum Gasteiger partial charge on any atom is 0.289 e. The number of rotatable bonds is 4. The number of aromatic nitrogens is 3. The van der Waals surface area contributed by atoms with Crippen LogP contribution in [0.15, 0.2) is 53.2 Å². The number of nitrogens with zero attached hydrogens (tertiary/aromatic N) is 3. The molecule has 3 rings (SSSR count). The molecule has 2 heterocycles. The topological polar surface area (TPSA) is 55.9 Å². The molecule has 0 unspecified atom stereocenters. The van der Waals surface area contributed by atoms with E-state index in [0.717, 1.165) is 11.3 Å². The highest BCUT2D eigenvalue weighted by molar-refractivity contribution is 7.71. The Kier molecular flexibility index (Phi) is 3.79. The molecule has 0 fully saturated rings. The fourth-order valence-electron chi connectivity index (χ4n) is 1.95. The van der Waals surface area contributed by atoms with Gasteiger partial charge in [-0.3, -0.25) is 4.98 Å². The average Bonchev–Trinajstić information content (AvgIpc) is 2.89. The van der Waals surface area contributed by atoms with Crippen molar-refractivity contribution >= 4 is 17.9 Å². The summed E-state index contributed by atoms with van der Waals surface area (Å²) in [4.78, 5) is 4.31. The minimum atomic E-state index is 0.336. The molecule has 21 heavy (non-hydrogen) atoms. The number of para-hydroxylation sites is 1. The highest BCUT2D eigenvalue weighted by Gasteiger charge is 2.07. The molecule has 0 aliphatic heterocycles. The van der Waals surface area contributed by atoms with Crippen molar-refractivity contribution < 1.29 is 4.42 Å². The molecule has 0 saturated heterocycles. The summed E-state index contributed by atoms with van der Waals surface area (Å²) in [5.74, 6) is 0.494. The molecule has 0 amide bonds. The van der Waals surface area contributed by atoms with Crippen LogP contribution in [0, 0.1) is 11.8 Å². The van der Waals surface area contributed by atoms with Crippen LogP contribution >= 0.6 is 12.2 Å². The monoisotopic (exact) mass is 298 g/mol. The molecule has 106 valence electrons. The molecule has 0 bridgehead atoms. The van der Waals surface area contributed by atoms with Crippen LogP contribution in [0.3, 0.4) is 0 Å². The number of hydrogen-bond acceptors (Lipinski definition) is 5. The van der Waals surface area contributed by atoms with Gasteiger partial charge in [-0.2, -0.15) is 0 Å². The fourth-order valence-corrected chi connectivity index (χ4v) is 2.13. The Morgan fingerprint density at radius 3 is 2.71 bits per heavy atom. The molecule has 0 saturated carbocycles. The van der Waals surface area contributed by atoms with Gasteiger partial charge in [-0.05, 0) is 42.9 Å². The quantitative estimate of drug-likeness (QED) is 0.745. The van der Waals surface area contributed by atoms with Gasteiger partial charge in [0.2, 0.25) is 5.89 Å². The maximum absolute atomic E-state index is 5.52. The first-order chi connectivity index (χ1) is 10.2. The molecule has 3 aromatic rings. The Labute approximate surface area is 127 Å². The maximum atomic E-state index is 5.52. The molecule has 0 radical (unpaired) electrons. The van der Waals surface area contributed by atoms with Gasteiger partial charge in [-0.1, -0.05) is 18.2 Å². The summed E-state index contributed by atoms with van der Waals surface area (Å²) in [6.45, 7) is 2.51. The molecule has 6 heteroatoms. The number of anilines is 1. The van der Waals surface area contributed by atoms with E-state index in [4.69, 9.17) is 16.6 Å². The van der Waals surface area contributed by atoms with E-state index in [0.29, 0.717) is 17.4 Å². The van der Waals surface area contributed by atoms with E-state index in [1.54, 1.807) is 17.1 Å². The average molecular weight is 298 g/mol. The second kappa shape index (κ2) is 5.88. The third kappa shape index (κ3) is 3.00. The molecule has 2 aromatic heterocycles. The van der Waals surface area contributed by atoms with Crippen LogP contribution in [0.1, 0.15) is 5.56 Å². The van der Waals surface area contributed by atoms with Crippen molar-refractivity contribution in [3.05, 3.63) is 59.2 Å². The van der Waals surface area contributed by atoms with E-state index in [1.807, 2.05) is 43.3 Å². The Hall–Kier alpha value is -2.47. The number of aryl methyl sites for hydroxylation is 1. The minimum absolute atomic E-state index is 0.336. The van der Waals surface area contributed by atoms with Crippen LogP contribution in [0.25, 0.3) is 11.5 Å². The zero-order valence-electron chi connectivity index (χ0n) is 11.5. The van der Waals surface area contributed by atoms with Crippen LogP contribution < -0.4 is 5.32 Å². The van der Waals surface area contributed by atoms with E-state index in [2.05, 4.69) is 15.4 Å². The number of nitrogens with one attached hydrogen (secondary N) is 1. The van der Waals surface area contributed by atoms with Crippen molar-refractivity contribution in [1.82, 2.24) is 14.8 Å². The number of pyridine rings is 1. The SMILES string of the molecule is Cc1ccccc1NCn1nc(-c2ccncc2)oc1=S. The van der Waals surface area contributed by atoms with Gasteiger partial charge >= 0.3 is 0 Å². The molecular weight excluding hydrogens is 284 g/mol. The van der Waals surface area contributed by atoms with Gasteiger partial charge in [0.15, 0.2) is 0 Å². The third-order valence-corrected chi connectivity index (χ3v) is 3.39. The van der Waals surface area contributed by atoms with Gasteiger partial charge in [-0.25, -0.2) is 4.68 Å². The molecule has 0 aliphatic carbocycles. The van der Waals surface area contributed by atoms with Gasteiger partial charge in [0.1, 0.15) is 6.67 Å². The van der Waals surface area contributed by atoms with Gasteiger partial charge < -0.3 is 9.73 Å². The second-order valence-electron chi connectivity index (χ2n) is 4.56. The van der Waals surface area contributed by atoms with Crippen molar-refractivity contribution in [3.63, 3.8) is 0 Å². The highest BCUT2D eigenvalue weighted by Crippen LogP contribution is 2.17. The van der Waals surface area contributed by atoms with Crippen molar-refractivity contribution in [2.24, 2.45) is 0 Å². The molecule has 0 spiro atoms. The van der Waals surface area contributed by atoms with Crippen molar-refractivity contribution in [2.75, 3.05) is 5.32 Å². The van der Waals surface area contributed by atoms with Crippen molar-refractivity contribution in [1.29, 1.82) is 0 Å². The first-order valence-corrected chi connectivity index (χ1v) is 6.93. The third-order valence-electron chi connectivity index (χ3n) is 3.10. The predicted octanol–water partition coefficient (Wildman–Crippen LogP) is 3.65. The lowest BCUT2D eigenvalue weighted by atomic mass is 10.2. The summed E-state index contributed by atoms with van der Waals surface area (Å²) in [7, 11) is 0. The Bertz CT molecular complexity index is 795. The molecule has 5 nitrogen and oxygen atoms in total. The van der Waals surface area contributed by atoms with Crippen LogP contribution in [0.4, 0.5) is 5.69 Å². The smallest absolute Gasteiger partial charge is 0.289 e. The van der Waals surface area contributed by atoms with Gasteiger partial charge in [0.05, 0.1) is 0 Å². The Balaban J connectivity index is 1.80. The molecule has 0 aliphatic rings. The lowest BCUT2D eigenvalue weighted by molar-refractivity contribution is 0.522. The van der Waals surface area contributed by atoms with Crippen molar-refractivity contribution in [3.8, 4) is 11.5 Å². The second-order valence-corrected chi connectivity index (χ2v) is 4.91. The van der Waals surface area contributed by atoms with Crippen molar-refractivity contribution in [2.45, 2.75) is 13.6 Å². The van der Waals surface area contributed by atoms with Crippen LogP contribution in [-0.2, 0) is 6.67 Å². The summed E-state index contributed by atoms with van der Waals surface area (Å²) in [6.07, 6.45) is 3.39. The summed E-state index contributed by atoms with van der Waals surface area (Å²) in [5, 5.41) is 7.68. The van der Waals surface area contributed by atoms with Crippen LogP contribution in [0.5, 0.6) is 0 Å². The predicted molar refractivity (Wildman–Crippen MR) is 83.4 cm³/mol. The van der Waals surface area contributed by atoms with Gasteiger partial charge in [0, 0.05) is 23.6 Å².